The van der Waals surface area contributed by atoms with E-state index in [4.69, 9.17) is 0 Å². The Morgan fingerprint density at radius 3 is 2.64 bits per heavy atom. The Kier molecular flexibility index (Phi) is 3.85. The number of anilines is 1. The third-order valence-corrected chi connectivity index (χ3v) is 4.04. The lowest BCUT2D eigenvalue weighted by Gasteiger charge is -2.15. The summed E-state index contributed by atoms with van der Waals surface area (Å²) < 4.78 is 16.1. The van der Waals surface area contributed by atoms with Gasteiger partial charge in [-0.25, -0.2) is 19.3 Å². The lowest BCUT2D eigenvalue weighted by atomic mass is 10.1. The van der Waals surface area contributed by atoms with Gasteiger partial charge in [-0.3, -0.25) is 4.40 Å². The van der Waals surface area contributed by atoms with Crippen molar-refractivity contribution in [2.45, 2.75) is 13.0 Å². The largest absolute Gasteiger partial charge is 0.361 e. The van der Waals surface area contributed by atoms with E-state index in [1.54, 1.807) is 6.20 Å². The van der Waals surface area contributed by atoms with Gasteiger partial charge in [0.1, 0.15) is 11.3 Å². The highest BCUT2D eigenvalue weighted by Crippen LogP contribution is 2.23. The van der Waals surface area contributed by atoms with Crippen LogP contribution >= 0.6 is 0 Å². The minimum absolute atomic E-state index is 0.0827. The van der Waals surface area contributed by atoms with E-state index in [0.29, 0.717) is 11.5 Å². The topological polar surface area (TPSA) is 55.1 Å². The van der Waals surface area contributed by atoms with Crippen molar-refractivity contribution in [3.63, 3.8) is 0 Å². The summed E-state index contributed by atoms with van der Waals surface area (Å²) in [5.74, 6) is 0.107. The molecule has 0 saturated carbocycles. The van der Waals surface area contributed by atoms with Gasteiger partial charge in [0, 0.05) is 6.20 Å². The van der Waals surface area contributed by atoms with Crippen molar-refractivity contribution in [3.8, 4) is 11.5 Å². The fourth-order valence-corrected chi connectivity index (χ4v) is 2.72. The van der Waals surface area contributed by atoms with E-state index in [0.717, 1.165) is 11.2 Å². The van der Waals surface area contributed by atoms with Gasteiger partial charge in [0.25, 0.3) is 0 Å². The van der Waals surface area contributed by atoms with Crippen molar-refractivity contribution in [2.24, 2.45) is 0 Å². The molecule has 3 heterocycles. The maximum atomic E-state index is 14.2. The summed E-state index contributed by atoms with van der Waals surface area (Å²) in [6.07, 6.45) is 4.75. The highest BCUT2D eigenvalue weighted by Gasteiger charge is 2.14. The summed E-state index contributed by atoms with van der Waals surface area (Å²) >= 11 is 0. The molecule has 4 rings (SSSR count). The first kappa shape index (κ1) is 15.3. The van der Waals surface area contributed by atoms with Gasteiger partial charge >= 0.3 is 0 Å². The molecular formula is C19H16FN5. The van der Waals surface area contributed by atoms with Gasteiger partial charge in [0.05, 0.1) is 18.4 Å². The number of nitrogens with zero attached hydrogens (tertiary/aromatic N) is 4. The molecule has 5 nitrogen and oxygen atoms in total. The summed E-state index contributed by atoms with van der Waals surface area (Å²) in [4.78, 5) is 12.8. The number of nitrogens with one attached hydrogen (secondary N) is 1. The number of rotatable bonds is 4. The fourth-order valence-electron chi connectivity index (χ4n) is 2.72. The van der Waals surface area contributed by atoms with Crippen LogP contribution in [0.3, 0.4) is 0 Å². The van der Waals surface area contributed by atoms with E-state index in [-0.39, 0.29) is 11.9 Å². The number of imidazole rings is 1. The molecule has 0 fully saturated rings. The number of hydrogen-bond donors (Lipinski definition) is 1. The molecule has 0 saturated heterocycles. The van der Waals surface area contributed by atoms with Crippen molar-refractivity contribution < 1.29 is 4.39 Å². The summed E-state index contributed by atoms with van der Waals surface area (Å²) in [5, 5.41) is 3.12. The lowest BCUT2D eigenvalue weighted by molar-refractivity contribution is 0.614. The van der Waals surface area contributed by atoms with Crippen LogP contribution in [0.1, 0.15) is 18.5 Å². The summed E-state index contributed by atoms with van der Waals surface area (Å²) in [5.41, 5.74) is 2.56. The first-order chi connectivity index (χ1) is 12.2. The molecule has 0 aliphatic heterocycles. The molecule has 1 atom stereocenters. The second-order valence-electron chi connectivity index (χ2n) is 5.74. The molecule has 0 amide bonds. The first-order valence-corrected chi connectivity index (χ1v) is 7.99. The summed E-state index contributed by atoms with van der Waals surface area (Å²) in [7, 11) is 0. The molecule has 0 aliphatic rings. The van der Waals surface area contributed by atoms with Crippen LogP contribution in [0.15, 0.2) is 67.1 Å². The maximum absolute atomic E-state index is 14.2. The van der Waals surface area contributed by atoms with Crippen molar-refractivity contribution >= 4 is 11.5 Å². The van der Waals surface area contributed by atoms with E-state index >= 15 is 0 Å². The molecule has 0 unspecified atom stereocenters. The van der Waals surface area contributed by atoms with Crippen LogP contribution in [0.4, 0.5) is 10.2 Å². The van der Waals surface area contributed by atoms with Crippen molar-refractivity contribution in [3.05, 3.63) is 78.5 Å². The molecule has 0 aliphatic carbocycles. The van der Waals surface area contributed by atoms with Crippen molar-refractivity contribution in [1.82, 2.24) is 19.4 Å². The standard InChI is InChI=1S/C19H16FN5/c1-13(14-7-3-2-4-8-14)23-18-15(20)11-22-19(24-18)16-12-21-17-9-5-6-10-25(16)17/h2-13H,1H3,(H,22,23,24)/t13-/m0/s1. The average molecular weight is 333 g/mol. The van der Waals surface area contributed by atoms with E-state index in [1.165, 1.54) is 6.20 Å². The normalized spacial score (nSPS) is 12.2. The Bertz CT molecular complexity index is 1010. The minimum atomic E-state index is -0.486. The van der Waals surface area contributed by atoms with Crippen molar-refractivity contribution in [2.75, 3.05) is 5.32 Å². The maximum Gasteiger partial charge on any atom is 0.183 e. The van der Waals surface area contributed by atoms with E-state index < -0.39 is 5.82 Å². The zero-order valence-corrected chi connectivity index (χ0v) is 13.6. The zero-order valence-electron chi connectivity index (χ0n) is 13.6. The van der Waals surface area contributed by atoms with E-state index in [1.807, 2.05) is 66.1 Å². The van der Waals surface area contributed by atoms with Gasteiger partial charge in [0.2, 0.25) is 0 Å². The van der Waals surface area contributed by atoms with E-state index in [9.17, 15) is 4.39 Å². The van der Waals surface area contributed by atoms with E-state index in [2.05, 4.69) is 20.3 Å². The summed E-state index contributed by atoms with van der Waals surface area (Å²) in [6.45, 7) is 1.96. The molecule has 4 aromatic rings. The molecule has 124 valence electrons. The van der Waals surface area contributed by atoms with Crippen LogP contribution in [0.25, 0.3) is 17.2 Å². The fraction of sp³-hybridized carbons (Fsp3) is 0.105. The molecule has 1 N–H and O–H groups in total. The SMILES string of the molecule is C[C@H](Nc1nc(-c2cnc3ccccn23)ncc1F)c1ccccc1. The smallest absolute Gasteiger partial charge is 0.183 e. The van der Waals surface area contributed by atoms with Gasteiger partial charge < -0.3 is 5.32 Å². The average Bonchev–Trinajstić information content (AvgIpc) is 3.08. The Morgan fingerprint density at radius 2 is 1.80 bits per heavy atom. The number of halogens is 1. The molecule has 6 heteroatoms. The highest BCUT2D eigenvalue weighted by molar-refractivity contribution is 5.58. The Labute approximate surface area is 144 Å². The Morgan fingerprint density at radius 1 is 1.00 bits per heavy atom. The molecule has 0 bridgehead atoms. The second-order valence-corrected chi connectivity index (χ2v) is 5.74. The van der Waals surface area contributed by atoms with Gasteiger partial charge in [-0.1, -0.05) is 36.4 Å². The number of pyridine rings is 1. The number of aromatic nitrogens is 4. The monoisotopic (exact) mass is 333 g/mol. The Hall–Kier alpha value is -3.28. The van der Waals surface area contributed by atoms with Gasteiger partial charge in [0.15, 0.2) is 17.5 Å². The van der Waals surface area contributed by atoms with Crippen LogP contribution in [0, 0.1) is 5.82 Å². The molecule has 1 aromatic carbocycles. The third-order valence-electron chi connectivity index (χ3n) is 4.04. The van der Waals surface area contributed by atoms with Gasteiger partial charge in [-0.2, -0.15) is 0 Å². The zero-order chi connectivity index (χ0) is 17.2. The number of fused-ring (bicyclic) bond motifs is 1. The predicted molar refractivity (Wildman–Crippen MR) is 94.7 cm³/mol. The minimum Gasteiger partial charge on any atom is -0.361 e. The predicted octanol–water partition coefficient (Wildman–Crippen LogP) is 4.10. The molecular weight excluding hydrogens is 317 g/mol. The number of benzene rings is 1. The van der Waals surface area contributed by atoms with Crippen LogP contribution in [-0.2, 0) is 0 Å². The lowest BCUT2D eigenvalue weighted by Crippen LogP contribution is -2.10. The van der Waals surface area contributed by atoms with Crippen LogP contribution in [0.2, 0.25) is 0 Å². The molecule has 25 heavy (non-hydrogen) atoms. The van der Waals surface area contributed by atoms with Crippen LogP contribution in [0.5, 0.6) is 0 Å². The molecule has 3 aromatic heterocycles. The van der Waals surface area contributed by atoms with Gasteiger partial charge in [-0.05, 0) is 24.6 Å². The van der Waals surface area contributed by atoms with Gasteiger partial charge in [-0.15, -0.1) is 0 Å². The third kappa shape index (κ3) is 2.94. The summed E-state index contributed by atoms with van der Waals surface area (Å²) in [6, 6.07) is 15.4. The van der Waals surface area contributed by atoms with Crippen LogP contribution < -0.4 is 5.32 Å². The molecule has 0 spiro atoms. The highest BCUT2D eigenvalue weighted by atomic mass is 19.1. The molecule has 0 radical (unpaired) electrons. The first-order valence-electron chi connectivity index (χ1n) is 7.99. The van der Waals surface area contributed by atoms with Crippen LogP contribution in [-0.4, -0.2) is 19.4 Å². The quantitative estimate of drug-likeness (QED) is 0.611. The Balaban J connectivity index is 1.69. The second kappa shape index (κ2) is 6.32. The number of hydrogen-bond acceptors (Lipinski definition) is 4. The van der Waals surface area contributed by atoms with Crippen molar-refractivity contribution in [1.29, 1.82) is 0 Å².